The Morgan fingerprint density at radius 2 is 1.77 bits per heavy atom. The van der Waals surface area contributed by atoms with Gasteiger partial charge in [-0.25, -0.2) is 12.8 Å². The fraction of sp³-hybridized carbons (Fsp3) is 0.333. The quantitative estimate of drug-likeness (QED) is 0.772. The van der Waals surface area contributed by atoms with Crippen molar-refractivity contribution in [3.05, 3.63) is 64.4 Å². The Hall–Kier alpha value is -1.32. The van der Waals surface area contributed by atoms with E-state index in [-0.39, 0.29) is 17.0 Å². The summed E-state index contributed by atoms with van der Waals surface area (Å²) in [6, 6.07) is 12.8. The Bertz CT molecular complexity index is 870. The van der Waals surface area contributed by atoms with Crippen molar-refractivity contribution in [3.63, 3.8) is 0 Å². The van der Waals surface area contributed by atoms with E-state index in [1.165, 1.54) is 10.4 Å². The SMILES string of the molecule is O=S(=O)(c1cccc(Br)c1)N1CCN(CC(O)c2ccccc2F)CC1. The van der Waals surface area contributed by atoms with Gasteiger partial charge in [0.25, 0.3) is 0 Å². The van der Waals surface area contributed by atoms with Crippen molar-refractivity contribution in [1.29, 1.82) is 0 Å². The second-order valence-corrected chi connectivity index (χ2v) is 9.05. The highest BCUT2D eigenvalue weighted by molar-refractivity contribution is 9.10. The molecule has 0 aliphatic carbocycles. The number of β-amino-alcohol motifs (C(OH)–C–C–N with tert-alkyl or cyclic N) is 1. The zero-order valence-electron chi connectivity index (χ0n) is 14.1. The highest BCUT2D eigenvalue weighted by Crippen LogP contribution is 2.22. The van der Waals surface area contributed by atoms with E-state index in [2.05, 4.69) is 15.9 Å². The van der Waals surface area contributed by atoms with Gasteiger partial charge in [-0.3, -0.25) is 4.90 Å². The lowest BCUT2D eigenvalue weighted by molar-refractivity contribution is 0.0898. The standard InChI is InChI=1S/C18H20BrFN2O3S/c19-14-4-3-5-15(12-14)26(24,25)22-10-8-21(9-11-22)13-18(23)16-6-1-2-7-17(16)20/h1-7,12,18,23H,8-11,13H2. The first-order valence-electron chi connectivity index (χ1n) is 8.28. The number of nitrogens with zero attached hydrogens (tertiary/aromatic N) is 2. The third-order valence-electron chi connectivity index (χ3n) is 4.46. The minimum atomic E-state index is -3.54. The summed E-state index contributed by atoms with van der Waals surface area (Å²) in [5.41, 5.74) is 0.261. The van der Waals surface area contributed by atoms with E-state index < -0.39 is 21.9 Å². The molecule has 0 bridgehead atoms. The van der Waals surface area contributed by atoms with Crippen LogP contribution in [0.5, 0.6) is 0 Å². The molecule has 140 valence electrons. The lowest BCUT2D eigenvalue weighted by Crippen LogP contribution is -2.49. The number of sulfonamides is 1. The number of hydrogen-bond donors (Lipinski definition) is 1. The van der Waals surface area contributed by atoms with Crippen LogP contribution in [0.4, 0.5) is 4.39 Å². The third kappa shape index (κ3) is 4.32. The molecule has 1 heterocycles. The lowest BCUT2D eigenvalue weighted by atomic mass is 10.1. The number of aliphatic hydroxyl groups excluding tert-OH is 1. The molecule has 1 fully saturated rings. The Labute approximate surface area is 161 Å². The van der Waals surface area contributed by atoms with Crippen LogP contribution in [-0.4, -0.2) is 55.5 Å². The average Bonchev–Trinajstić information content (AvgIpc) is 2.62. The average molecular weight is 443 g/mol. The van der Waals surface area contributed by atoms with Crippen LogP contribution in [0.3, 0.4) is 0 Å². The fourth-order valence-corrected chi connectivity index (χ4v) is 5.04. The van der Waals surface area contributed by atoms with Gasteiger partial charge in [0.15, 0.2) is 0 Å². The Morgan fingerprint density at radius 1 is 1.08 bits per heavy atom. The molecule has 1 aliphatic heterocycles. The third-order valence-corrected chi connectivity index (χ3v) is 6.85. The summed E-state index contributed by atoms with van der Waals surface area (Å²) in [6.45, 7) is 1.90. The molecule has 1 atom stereocenters. The fourth-order valence-electron chi connectivity index (χ4n) is 3.02. The molecule has 1 unspecified atom stereocenters. The van der Waals surface area contributed by atoms with Crippen molar-refractivity contribution >= 4 is 26.0 Å². The van der Waals surface area contributed by atoms with Crippen LogP contribution in [0.1, 0.15) is 11.7 Å². The summed E-state index contributed by atoms with van der Waals surface area (Å²) in [5, 5.41) is 10.3. The molecule has 0 radical (unpaired) electrons. The van der Waals surface area contributed by atoms with Crippen LogP contribution >= 0.6 is 15.9 Å². The van der Waals surface area contributed by atoms with Crippen LogP contribution in [0.2, 0.25) is 0 Å². The normalized spacial score (nSPS) is 18.0. The molecule has 0 saturated carbocycles. The van der Waals surface area contributed by atoms with Crippen LogP contribution in [0, 0.1) is 5.82 Å². The molecule has 2 aromatic carbocycles. The maximum Gasteiger partial charge on any atom is 0.243 e. The van der Waals surface area contributed by atoms with Crippen molar-refractivity contribution < 1.29 is 17.9 Å². The topological polar surface area (TPSA) is 60.9 Å². The highest BCUT2D eigenvalue weighted by atomic mass is 79.9. The van der Waals surface area contributed by atoms with Crippen LogP contribution in [-0.2, 0) is 10.0 Å². The minimum absolute atomic E-state index is 0.256. The van der Waals surface area contributed by atoms with Crippen molar-refractivity contribution in [3.8, 4) is 0 Å². The van der Waals surface area contributed by atoms with E-state index in [4.69, 9.17) is 0 Å². The molecule has 8 heteroatoms. The second-order valence-electron chi connectivity index (χ2n) is 6.20. The molecule has 1 saturated heterocycles. The Morgan fingerprint density at radius 3 is 2.42 bits per heavy atom. The maximum atomic E-state index is 13.8. The number of benzene rings is 2. The Balaban J connectivity index is 1.61. The zero-order valence-corrected chi connectivity index (χ0v) is 16.5. The molecule has 5 nitrogen and oxygen atoms in total. The van der Waals surface area contributed by atoms with Crippen molar-refractivity contribution in [2.45, 2.75) is 11.0 Å². The van der Waals surface area contributed by atoms with E-state index in [0.717, 1.165) is 0 Å². The van der Waals surface area contributed by atoms with Gasteiger partial charge in [-0.1, -0.05) is 40.2 Å². The lowest BCUT2D eigenvalue weighted by Gasteiger charge is -2.35. The summed E-state index contributed by atoms with van der Waals surface area (Å²) in [4.78, 5) is 2.20. The summed E-state index contributed by atoms with van der Waals surface area (Å²) >= 11 is 3.29. The van der Waals surface area contributed by atoms with Gasteiger partial charge in [0.2, 0.25) is 10.0 Å². The number of piperazine rings is 1. The molecule has 26 heavy (non-hydrogen) atoms. The molecule has 2 aromatic rings. The van der Waals surface area contributed by atoms with Crippen molar-refractivity contribution in [2.75, 3.05) is 32.7 Å². The molecule has 1 aliphatic rings. The Kier molecular flexibility index (Phi) is 6.09. The van der Waals surface area contributed by atoms with Gasteiger partial charge in [0.1, 0.15) is 5.82 Å². The summed E-state index contributed by atoms with van der Waals surface area (Å²) < 4.78 is 41.4. The first-order valence-corrected chi connectivity index (χ1v) is 10.5. The van der Waals surface area contributed by atoms with Gasteiger partial charge in [-0.2, -0.15) is 4.31 Å². The molecular weight excluding hydrogens is 423 g/mol. The van der Waals surface area contributed by atoms with Crippen molar-refractivity contribution in [1.82, 2.24) is 9.21 Å². The molecule has 0 spiro atoms. The zero-order chi connectivity index (χ0) is 18.7. The van der Waals surface area contributed by atoms with Gasteiger partial charge >= 0.3 is 0 Å². The van der Waals surface area contributed by atoms with Gasteiger partial charge in [0.05, 0.1) is 11.0 Å². The molecule has 3 rings (SSSR count). The van der Waals surface area contributed by atoms with Gasteiger partial charge in [-0.05, 0) is 24.3 Å². The summed E-state index contributed by atoms with van der Waals surface area (Å²) in [6.07, 6.45) is -0.940. The minimum Gasteiger partial charge on any atom is -0.387 e. The maximum absolute atomic E-state index is 13.8. The van der Waals surface area contributed by atoms with Gasteiger partial charge < -0.3 is 5.11 Å². The number of halogens is 2. The first-order chi connectivity index (χ1) is 12.4. The number of aliphatic hydroxyl groups is 1. The highest BCUT2D eigenvalue weighted by Gasteiger charge is 2.29. The van der Waals surface area contributed by atoms with E-state index >= 15 is 0 Å². The summed E-state index contributed by atoms with van der Waals surface area (Å²) in [5.74, 6) is -0.434. The van der Waals surface area contributed by atoms with Crippen LogP contribution < -0.4 is 0 Å². The van der Waals surface area contributed by atoms with Gasteiger partial charge in [0, 0.05) is 42.8 Å². The van der Waals surface area contributed by atoms with Crippen molar-refractivity contribution in [2.24, 2.45) is 0 Å². The molecular formula is C18H20BrFN2O3S. The molecule has 0 amide bonds. The first kappa shape index (κ1) is 19.4. The number of rotatable bonds is 5. The predicted molar refractivity (Wildman–Crippen MR) is 101 cm³/mol. The molecule has 1 N–H and O–H groups in total. The predicted octanol–water partition coefficient (Wildman–Crippen LogP) is 2.63. The monoisotopic (exact) mass is 442 g/mol. The summed E-state index contributed by atoms with van der Waals surface area (Å²) in [7, 11) is -3.54. The van der Waals surface area contributed by atoms with Crippen LogP contribution in [0.25, 0.3) is 0 Å². The van der Waals surface area contributed by atoms with Gasteiger partial charge in [-0.15, -0.1) is 0 Å². The van der Waals surface area contributed by atoms with E-state index in [0.29, 0.717) is 30.7 Å². The van der Waals surface area contributed by atoms with Crippen LogP contribution in [0.15, 0.2) is 57.9 Å². The second kappa shape index (κ2) is 8.14. The van der Waals surface area contributed by atoms with E-state index in [9.17, 15) is 17.9 Å². The smallest absolute Gasteiger partial charge is 0.243 e. The van der Waals surface area contributed by atoms with E-state index in [1.807, 2.05) is 4.90 Å². The molecule has 0 aromatic heterocycles. The van der Waals surface area contributed by atoms with E-state index in [1.54, 1.807) is 42.5 Å². The largest absolute Gasteiger partial charge is 0.387 e. The number of hydrogen-bond acceptors (Lipinski definition) is 4.